The molecule has 0 aliphatic rings. The Bertz CT molecular complexity index is 707. The molecule has 23 heavy (non-hydrogen) atoms. The van der Waals surface area contributed by atoms with Crippen molar-refractivity contribution in [1.82, 2.24) is 4.98 Å². The zero-order valence-electron chi connectivity index (χ0n) is 12.8. The van der Waals surface area contributed by atoms with Crippen molar-refractivity contribution in [1.29, 1.82) is 0 Å². The van der Waals surface area contributed by atoms with Gasteiger partial charge in [0.2, 0.25) is 5.91 Å². The van der Waals surface area contributed by atoms with Crippen molar-refractivity contribution >= 4 is 45.5 Å². The van der Waals surface area contributed by atoms with Crippen LogP contribution in [0.1, 0.15) is 44.8 Å². The largest absolute Gasteiger partial charge is 0.462 e. The first-order valence-corrected chi connectivity index (χ1v) is 8.72. The number of esters is 1. The third-order valence-electron chi connectivity index (χ3n) is 2.88. The Balaban J connectivity index is 1.89. The van der Waals surface area contributed by atoms with Crippen LogP contribution in [0.5, 0.6) is 0 Å². The lowest BCUT2D eigenvalue weighted by molar-refractivity contribution is -0.116. The molecule has 6 nitrogen and oxygen atoms in total. The van der Waals surface area contributed by atoms with Gasteiger partial charge in [0.1, 0.15) is 4.88 Å². The molecule has 2 rings (SSSR count). The van der Waals surface area contributed by atoms with Gasteiger partial charge in [0, 0.05) is 12.8 Å². The highest BCUT2D eigenvalue weighted by Gasteiger charge is 2.18. The molecule has 2 heterocycles. The maximum atomic E-state index is 11.9. The topological polar surface area (TPSA) is 85.4 Å². The lowest BCUT2D eigenvalue weighted by atomic mass is 10.2. The van der Waals surface area contributed by atoms with Crippen LogP contribution in [0, 0.1) is 6.92 Å². The van der Waals surface area contributed by atoms with Gasteiger partial charge in [0.15, 0.2) is 10.9 Å². The number of ether oxygens (including phenoxy) is 1. The lowest BCUT2D eigenvalue weighted by Crippen LogP contribution is -2.13. The first-order chi connectivity index (χ1) is 11.0. The Labute approximate surface area is 141 Å². The Kier molecular flexibility index (Phi) is 6.00. The van der Waals surface area contributed by atoms with Crippen molar-refractivity contribution in [3.8, 4) is 0 Å². The Morgan fingerprint density at radius 3 is 2.74 bits per heavy atom. The van der Waals surface area contributed by atoms with Gasteiger partial charge in [-0.25, -0.2) is 9.78 Å². The first-order valence-electron chi connectivity index (χ1n) is 7.02. The van der Waals surface area contributed by atoms with Crippen LogP contribution in [0.15, 0.2) is 17.5 Å². The van der Waals surface area contributed by atoms with Gasteiger partial charge in [-0.1, -0.05) is 17.4 Å². The molecule has 2 aromatic rings. The third kappa shape index (κ3) is 4.70. The maximum absolute atomic E-state index is 11.9. The number of anilines is 1. The average Bonchev–Trinajstić information content (AvgIpc) is 3.15. The number of Topliss-reactive ketones (excluding diaryl/α,β-unsaturated/α-hetero) is 1. The van der Waals surface area contributed by atoms with E-state index in [4.69, 9.17) is 4.74 Å². The summed E-state index contributed by atoms with van der Waals surface area (Å²) in [6.45, 7) is 3.68. The highest BCUT2D eigenvalue weighted by Crippen LogP contribution is 2.23. The van der Waals surface area contributed by atoms with Crippen LogP contribution in [0.3, 0.4) is 0 Å². The van der Waals surface area contributed by atoms with E-state index in [9.17, 15) is 14.4 Å². The van der Waals surface area contributed by atoms with E-state index in [1.807, 2.05) is 5.38 Å². The van der Waals surface area contributed by atoms with Crippen molar-refractivity contribution in [2.45, 2.75) is 26.7 Å². The zero-order chi connectivity index (χ0) is 16.8. The summed E-state index contributed by atoms with van der Waals surface area (Å²) in [7, 11) is 0. The van der Waals surface area contributed by atoms with Crippen LogP contribution in [0.25, 0.3) is 0 Å². The fraction of sp³-hybridized carbons (Fsp3) is 0.333. The number of aryl methyl sites for hydroxylation is 1. The van der Waals surface area contributed by atoms with Gasteiger partial charge in [0.25, 0.3) is 0 Å². The number of nitrogens with zero attached hydrogens (tertiary/aromatic N) is 1. The number of amides is 1. The van der Waals surface area contributed by atoms with Crippen molar-refractivity contribution in [2.75, 3.05) is 11.9 Å². The van der Waals surface area contributed by atoms with Crippen molar-refractivity contribution in [3.63, 3.8) is 0 Å². The van der Waals surface area contributed by atoms with Crippen LogP contribution in [0.2, 0.25) is 0 Å². The monoisotopic (exact) mass is 352 g/mol. The number of ketones is 1. The van der Waals surface area contributed by atoms with E-state index in [1.165, 1.54) is 11.3 Å². The number of aromatic nitrogens is 1. The second-order valence-electron chi connectivity index (χ2n) is 4.60. The van der Waals surface area contributed by atoms with Gasteiger partial charge in [0.05, 0.1) is 17.2 Å². The minimum absolute atomic E-state index is 0.0577. The highest BCUT2D eigenvalue weighted by atomic mass is 32.1. The standard InChI is InChI=1S/C15H16N2O4S2/c1-3-21-14(20)13-9(2)16-15(23-13)17-12(19)7-6-10(18)11-5-4-8-22-11/h4-5,8H,3,6-7H2,1-2H3,(H,16,17,19). The van der Waals surface area contributed by atoms with Crippen LogP contribution in [-0.4, -0.2) is 29.3 Å². The van der Waals surface area contributed by atoms with Crippen molar-refractivity contribution in [2.24, 2.45) is 0 Å². The summed E-state index contributed by atoms with van der Waals surface area (Å²) in [5.41, 5.74) is 0.512. The van der Waals surface area contributed by atoms with Gasteiger partial charge in [-0.05, 0) is 25.3 Å². The quantitative estimate of drug-likeness (QED) is 0.610. The number of hydrogen-bond acceptors (Lipinski definition) is 7. The van der Waals surface area contributed by atoms with Gasteiger partial charge in [-0.3, -0.25) is 9.59 Å². The van der Waals surface area contributed by atoms with Gasteiger partial charge < -0.3 is 10.1 Å². The molecule has 0 radical (unpaired) electrons. The second-order valence-corrected chi connectivity index (χ2v) is 6.55. The highest BCUT2D eigenvalue weighted by molar-refractivity contribution is 7.17. The van der Waals surface area contributed by atoms with Crippen LogP contribution >= 0.6 is 22.7 Å². The van der Waals surface area contributed by atoms with Gasteiger partial charge >= 0.3 is 5.97 Å². The number of hydrogen-bond donors (Lipinski definition) is 1. The summed E-state index contributed by atoms with van der Waals surface area (Å²) >= 11 is 2.42. The fourth-order valence-corrected chi connectivity index (χ4v) is 3.38. The van der Waals surface area contributed by atoms with Crippen molar-refractivity contribution in [3.05, 3.63) is 33.0 Å². The molecule has 0 unspecified atom stereocenters. The van der Waals surface area contributed by atoms with E-state index < -0.39 is 5.97 Å². The lowest BCUT2D eigenvalue weighted by Gasteiger charge is -2.00. The molecule has 0 fully saturated rings. The van der Waals surface area contributed by atoms with E-state index in [1.54, 1.807) is 26.0 Å². The molecule has 0 bridgehead atoms. The minimum Gasteiger partial charge on any atom is -0.462 e. The molecule has 0 atom stereocenters. The summed E-state index contributed by atoms with van der Waals surface area (Å²) in [5.74, 6) is -0.812. The molecule has 0 aliphatic carbocycles. The van der Waals surface area contributed by atoms with E-state index in [2.05, 4.69) is 10.3 Å². The summed E-state index contributed by atoms with van der Waals surface area (Å²) in [5, 5.41) is 4.77. The Morgan fingerprint density at radius 2 is 2.09 bits per heavy atom. The minimum atomic E-state index is -0.448. The first kappa shape index (κ1) is 17.3. The fourth-order valence-electron chi connectivity index (χ4n) is 1.81. The Morgan fingerprint density at radius 1 is 1.30 bits per heavy atom. The summed E-state index contributed by atoms with van der Waals surface area (Å²) in [6.07, 6.45) is 0.214. The Hall–Kier alpha value is -2.06. The smallest absolute Gasteiger partial charge is 0.350 e. The molecule has 0 saturated carbocycles. The number of nitrogens with one attached hydrogen (secondary N) is 1. The zero-order valence-corrected chi connectivity index (χ0v) is 14.4. The number of carbonyl (C=O) groups is 3. The summed E-state index contributed by atoms with van der Waals surface area (Å²) in [4.78, 5) is 40.6. The van der Waals surface area contributed by atoms with E-state index in [0.717, 1.165) is 11.3 Å². The molecule has 0 aliphatic heterocycles. The molecule has 0 aromatic carbocycles. The van der Waals surface area contributed by atoms with Crippen molar-refractivity contribution < 1.29 is 19.1 Å². The molecule has 122 valence electrons. The summed E-state index contributed by atoms with van der Waals surface area (Å²) < 4.78 is 4.92. The predicted octanol–water partition coefficient (Wildman–Crippen LogP) is 3.29. The van der Waals surface area contributed by atoms with Crippen LogP contribution in [0.4, 0.5) is 5.13 Å². The average molecular weight is 352 g/mol. The molecule has 0 spiro atoms. The molecule has 2 aromatic heterocycles. The predicted molar refractivity (Wildman–Crippen MR) is 89.3 cm³/mol. The normalized spacial score (nSPS) is 10.3. The van der Waals surface area contributed by atoms with E-state index in [0.29, 0.717) is 20.6 Å². The summed E-state index contributed by atoms with van der Waals surface area (Å²) in [6, 6.07) is 3.54. The number of rotatable bonds is 7. The van der Waals surface area contributed by atoms with Gasteiger partial charge in [-0.2, -0.15) is 0 Å². The third-order valence-corrected chi connectivity index (χ3v) is 4.84. The van der Waals surface area contributed by atoms with Crippen LogP contribution in [-0.2, 0) is 9.53 Å². The molecular weight excluding hydrogens is 336 g/mol. The molecule has 1 N–H and O–H groups in total. The molecule has 8 heteroatoms. The second kappa shape index (κ2) is 7.98. The molecular formula is C15H16N2O4S2. The molecule has 1 amide bonds. The number of thiazole rings is 1. The van der Waals surface area contributed by atoms with Gasteiger partial charge in [-0.15, -0.1) is 11.3 Å². The maximum Gasteiger partial charge on any atom is 0.350 e. The number of thiophene rings is 1. The van der Waals surface area contributed by atoms with E-state index in [-0.39, 0.29) is 31.1 Å². The SMILES string of the molecule is CCOC(=O)c1sc(NC(=O)CCC(=O)c2cccs2)nc1C. The van der Waals surface area contributed by atoms with E-state index >= 15 is 0 Å². The van der Waals surface area contributed by atoms with Crippen LogP contribution < -0.4 is 5.32 Å². The number of carbonyl (C=O) groups excluding carboxylic acids is 3. The molecule has 0 saturated heterocycles.